The second-order valence-electron chi connectivity index (χ2n) is 0.136. The number of hydrogen-bond acceptors (Lipinski definition) is 6. The standard InChI is InChI=1S/2Cd.2Co.2Mo.2O.S2.2S/c;;;;;;;;1-2;;/q;;;;2*+1;;;-2;;. The summed E-state index contributed by atoms with van der Waals surface area (Å²) in [5, 5.41) is 0. The normalized spacial score (nSPS) is 4.17. The van der Waals surface area contributed by atoms with Crippen molar-refractivity contribution in [3.05, 3.63) is 0 Å². The molecule has 0 amide bonds. The first kappa shape index (κ1) is 30.2. The fourth-order valence-electron chi connectivity index (χ4n) is 0. The SMILES string of the molecule is [Mo][S][S][Mo].[O]=[Co].[O]=[Co].[S]=[Cd].[S]=[Cd]. The van der Waals surface area contributed by atoms with Crippen molar-refractivity contribution in [2.45, 2.75) is 0 Å². The molecule has 0 aromatic rings. The zero-order chi connectivity index (χ0) is 11.4. The summed E-state index contributed by atoms with van der Waals surface area (Å²) in [5.74, 6) is 0. The zero-order valence-corrected chi connectivity index (χ0v) is 22.8. The average molecular weight is 695 g/mol. The molecule has 0 aliphatic carbocycles. The molecule has 0 aliphatic rings. The maximum atomic E-state index is 7.94. The van der Waals surface area contributed by atoms with Crippen molar-refractivity contribution in [2.24, 2.45) is 0 Å². The molecule has 0 aromatic carbocycles. The van der Waals surface area contributed by atoms with Crippen LogP contribution < -0.4 is 0 Å². The molecule has 0 spiro atoms. The first-order chi connectivity index (χ1) is 5.91. The molecule has 0 unspecified atom stereocenters. The number of hydrogen-bond donors (Lipinski definition) is 0. The van der Waals surface area contributed by atoms with Gasteiger partial charge in [-0.2, -0.15) is 0 Å². The predicted molar refractivity (Wildman–Crippen MR) is 31.7 cm³/mol. The second kappa shape index (κ2) is 73.6. The van der Waals surface area contributed by atoms with Gasteiger partial charge in [-0.15, -0.1) is 0 Å². The molecular formula is Cd2Co2Mo2O2S4. The van der Waals surface area contributed by atoms with E-state index < -0.39 is 0 Å². The molecule has 0 saturated heterocycles. The summed E-state index contributed by atoms with van der Waals surface area (Å²) in [5.41, 5.74) is 0. The van der Waals surface area contributed by atoms with E-state index in [0.717, 1.165) is 47.4 Å². The molecule has 0 rings (SSSR count). The van der Waals surface area contributed by atoms with Crippen LogP contribution in [0.3, 0.4) is 0 Å². The Morgan fingerprint density at radius 2 is 0.917 bits per heavy atom. The fraction of sp³-hybridized carbons (Fsp3) is 0. The van der Waals surface area contributed by atoms with Crippen molar-refractivity contribution < 1.29 is 124 Å². The summed E-state index contributed by atoms with van der Waals surface area (Å²) in [6.07, 6.45) is 0. The fourth-order valence-corrected chi connectivity index (χ4v) is 0. The van der Waals surface area contributed by atoms with Crippen LogP contribution in [0.4, 0.5) is 0 Å². The molecule has 70 valence electrons. The van der Waals surface area contributed by atoms with E-state index in [9.17, 15) is 0 Å². The van der Waals surface area contributed by atoms with Gasteiger partial charge in [-0.25, -0.2) is 0 Å². The molecule has 12 heteroatoms. The van der Waals surface area contributed by atoms with Crippen molar-refractivity contribution >= 4 is 34.3 Å². The quantitative estimate of drug-likeness (QED) is 0.310. The van der Waals surface area contributed by atoms with Gasteiger partial charge in [-0.05, 0) is 0 Å². The van der Waals surface area contributed by atoms with E-state index in [0.29, 0.717) is 0 Å². The van der Waals surface area contributed by atoms with Gasteiger partial charge < -0.3 is 0 Å². The molecule has 0 N–H and O–H groups in total. The first-order valence-electron chi connectivity index (χ1n) is 1.35. The zero-order valence-electron chi connectivity index (χ0n) is 5.35. The maximum absolute atomic E-state index is 7.94. The van der Waals surface area contributed by atoms with Crippen molar-refractivity contribution in [1.29, 1.82) is 0 Å². The third-order valence-electron chi connectivity index (χ3n) is 0.0278. The van der Waals surface area contributed by atoms with Crippen LogP contribution in [0.25, 0.3) is 0 Å². The molecule has 12 heavy (non-hydrogen) atoms. The minimum atomic E-state index is 0.733. The van der Waals surface area contributed by atoms with Crippen molar-refractivity contribution in [3.8, 4) is 0 Å². The van der Waals surface area contributed by atoms with Crippen LogP contribution in [0.1, 0.15) is 0 Å². The Bertz CT molecular complexity index is 48.0. The summed E-state index contributed by atoms with van der Waals surface area (Å²) in [4.78, 5) is 0. The van der Waals surface area contributed by atoms with Gasteiger partial charge in [0, 0.05) is 0 Å². The summed E-state index contributed by atoms with van der Waals surface area (Å²) in [6, 6.07) is 0. The van der Waals surface area contributed by atoms with Crippen LogP contribution in [0, 0.1) is 0 Å². The number of rotatable bonds is 1. The monoisotopic (exact) mass is 701 g/mol. The van der Waals surface area contributed by atoms with E-state index in [2.05, 4.69) is 48.6 Å². The van der Waals surface area contributed by atoms with E-state index in [-0.39, 0.29) is 0 Å². The van der Waals surface area contributed by atoms with Crippen LogP contribution in [0.2, 0.25) is 0 Å². The van der Waals surface area contributed by atoms with E-state index >= 15 is 0 Å². The average Bonchev–Trinajstić information content (AvgIpc) is 2.29. The van der Waals surface area contributed by atoms with Crippen LogP contribution >= 0.6 is 34.3 Å². The molecule has 0 aromatic heterocycles. The van der Waals surface area contributed by atoms with E-state index in [1.807, 2.05) is 37.1 Å². The van der Waals surface area contributed by atoms with Gasteiger partial charge in [0.05, 0.1) is 0 Å². The third-order valence-corrected chi connectivity index (χ3v) is 8.75. The van der Waals surface area contributed by atoms with E-state index in [4.69, 9.17) is 7.73 Å². The van der Waals surface area contributed by atoms with Gasteiger partial charge in [0.1, 0.15) is 0 Å². The molecule has 0 heterocycles. The minimum absolute atomic E-state index is 0.733. The summed E-state index contributed by atoms with van der Waals surface area (Å²) >= 11 is 10.1. The summed E-state index contributed by atoms with van der Waals surface area (Å²) in [7, 11) is 12.1. The van der Waals surface area contributed by atoms with Gasteiger partial charge in [0.2, 0.25) is 0 Å². The Labute approximate surface area is 154 Å². The molecule has 0 fully saturated rings. The van der Waals surface area contributed by atoms with Gasteiger partial charge in [-0.1, -0.05) is 0 Å². The van der Waals surface area contributed by atoms with Gasteiger partial charge in [0.25, 0.3) is 0 Å². The van der Waals surface area contributed by atoms with Crippen LogP contribution in [-0.4, -0.2) is 0 Å². The molecule has 2 nitrogen and oxygen atoms in total. The Morgan fingerprint density at radius 3 is 0.917 bits per heavy atom. The molecule has 0 saturated carbocycles. The Balaban J connectivity index is -0.0000000181. The first-order valence-corrected chi connectivity index (χ1v) is 20.2. The second-order valence-corrected chi connectivity index (χ2v) is 7.25. The molecular weight excluding hydrogens is 695 g/mol. The van der Waals surface area contributed by atoms with Crippen LogP contribution in [0.5, 0.6) is 0 Å². The van der Waals surface area contributed by atoms with Crippen molar-refractivity contribution in [1.82, 2.24) is 0 Å². The predicted octanol–water partition coefficient (Wildman–Crippen LogP) is 2.34. The molecule has 0 atom stereocenters. The van der Waals surface area contributed by atoms with Gasteiger partial charge >= 0.3 is 158 Å². The topological polar surface area (TPSA) is 34.1 Å². The van der Waals surface area contributed by atoms with Crippen molar-refractivity contribution in [3.63, 3.8) is 0 Å². The third kappa shape index (κ3) is 81.9. The Kier molecular flexibility index (Phi) is 185. The Hall–Kier alpha value is 4.97. The van der Waals surface area contributed by atoms with Crippen LogP contribution in [-0.2, 0) is 124 Å². The van der Waals surface area contributed by atoms with Crippen molar-refractivity contribution in [2.75, 3.05) is 0 Å². The molecule has 0 aliphatic heterocycles. The van der Waals surface area contributed by atoms with Gasteiger partial charge in [-0.3, -0.25) is 0 Å². The Morgan fingerprint density at radius 1 is 0.833 bits per heavy atom. The molecule has 0 bridgehead atoms. The van der Waals surface area contributed by atoms with E-state index in [1.54, 1.807) is 17.0 Å². The molecule has 0 radical (unpaired) electrons. The summed E-state index contributed by atoms with van der Waals surface area (Å²) < 4.78 is 15.9. The van der Waals surface area contributed by atoms with Gasteiger partial charge in [0.15, 0.2) is 0 Å². The summed E-state index contributed by atoms with van der Waals surface area (Å²) in [6.45, 7) is 0. The van der Waals surface area contributed by atoms with E-state index in [1.165, 1.54) is 0 Å². The van der Waals surface area contributed by atoms with Crippen LogP contribution in [0.15, 0.2) is 0 Å².